The third-order valence-corrected chi connectivity index (χ3v) is 22.0. The van der Waals surface area contributed by atoms with Crippen molar-refractivity contribution in [3.63, 3.8) is 0 Å². The molecule has 50 heteroatoms. The molecule has 48 nitrogen and oxygen atoms in total. The van der Waals surface area contributed by atoms with Crippen LogP contribution in [0.4, 0.5) is 0 Å². The molecule has 2 aromatic carbocycles. The molecule has 20 atom stereocenters. The number of aliphatic imine (C=N–C) groups is 1. The van der Waals surface area contributed by atoms with Crippen molar-refractivity contribution < 1.29 is 112 Å². The summed E-state index contributed by atoms with van der Waals surface area (Å²) < 4.78 is -1.62. The second-order valence-corrected chi connectivity index (χ2v) is 34.7. The number of nitrogens with two attached hydrogens (primary N) is 9. The van der Waals surface area contributed by atoms with Gasteiger partial charge in [0.05, 0.1) is 30.8 Å². The highest BCUT2D eigenvalue weighted by atomic mass is 32.1. The Bertz CT molecular complexity index is 4230. The van der Waals surface area contributed by atoms with Crippen molar-refractivity contribution in [3.05, 3.63) is 59.7 Å². The number of carboxylic acids is 1. The number of amides is 16. The SMILES string of the molecule is CC[C@H](C)[C@H](NC(=O)[C@@H]1C[C@@H](O)CN1C(=O)[C@@H](N)C(C)C)C(=O)N[C@@H](CCN)C(=O)N[C@@H](Cc1ccc(O)cc1)C(=O)N[C@H](C(=O)N[C@@H](CC(N)=O)C(=O)N[C@@H](CCCN=C(N)N)C(=O)N[C@@H](CCN)C(=O)N[C@H](C(=O)N[C@H](CCN)C(=O)N[C@@H](CCCCN)C(=O)N[C@@H](CS)C(=O)N[C@@H](CCN)C(=O)N[C@H](C(=O)N[C@@H](Cc1ccc(O)cc1)C(=O)O)[C@@H](C)O)[C@@H](C)O)C(C)(C)S. The summed E-state index contributed by atoms with van der Waals surface area (Å²) in [5.41, 5.74) is 53.1. The number of thiol groups is 2. The van der Waals surface area contributed by atoms with E-state index >= 15 is 0 Å². The maximum Gasteiger partial charge on any atom is 0.326 e. The van der Waals surface area contributed by atoms with Gasteiger partial charge in [-0.2, -0.15) is 25.3 Å². The van der Waals surface area contributed by atoms with Crippen LogP contribution in [0.25, 0.3) is 0 Å². The molecule has 16 amide bonds. The number of carbonyl (C=O) groups is 17. The number of aromatic hydroxyl groups is 2. The number of β-amino-alcohol motifs (C(OH)–C–C–N with tert-alkyl or cyclic N) is 1. The summed E-state index contributed by atoms with van der Waals surface area (Å²) >= 11 is 8.84. The summed E-state index contributed by atoms with van der Waals surface area (Å²) in [5.74, 6) is -20.3. The fourth-order valence-electron chi connectivity index (χ4n) is 13.6. The maximum atomic E-state index is 14.9. The summed E-state index contributed by atoms with van der Waals surface area (Å²) in [7, 11) is 0. The number of unbranched alkanes of at least 4 members (excludes halogenated alkanes) is 1. The number of benzene rings is 2. The first-order valence-corrected chi connectivity index (χ1v) is 44.4. The van der Waals surface area contributed by atoms with E-state index in [0.29, 0.717) is 24.0 Å². The zero-order chi connectivity index (χ0) is 99.7. The fraction of sp³-hybridized carbons (Fsp3) is 0.634. The molecule has 0 aromatic heterocycles. The number of rotatable bonds is 59. The Morgan fingerprint density at radius 2 is 0.818 bits per heavy atom. The van der Waals surface area contributed by atoms with E-state index in [1.807, 2.05) is 0 Å². The molecule has 1 saturated heterocycles. The highest BCUT2D eigenvalue weighted by Crippen LogP contribution is 2.24. The lowest BCUT2D eigenvalue weighted by atomic mass is 9.96. The lowest BCUT2D eigenvalue weighted by Crippen LogP contribution is -2.64. The molecule has 1 fully saturated rings. The molecule has 0 bridgehead atoms. The van der Waals surface area contributed by atoms with Crippen LogP contribution in [0.5, 0.6) is 11.5 Å². The Hall–Kier alpha value is -11.4. The molecule has 132 heavy (non-hydrogen) atoms. The number of guanidine groups is 1. The normalized spacial score (nSPS) is 17.2. The van der Waals surface area contributed by atoms with Crippen LogP contribution in [0.2, 0.25) is 0 Å². The lowest BCUT2D eigenvalue weighted by Gasteiger charge is -2.33. The minimum Gasteiger partial charge on any atom is -0.508 e. The average molecular weight is 1910 g/mol. The topological polar surface area (TPSA) is 830 Å². The van der Waals surface area contributed by atoms with Gasteiger partial charge in [0.15, 0.2) is 5.96 Å². The first kappa shape index (κ1) is 115. The van der Waals surface area contributed by atoms with Gasteiger partial charge in [-0.05, 0) is 165 Å². The Balaban J connectivity index is 1.92. The standard InChI is InChI=1S/C82H137N25O23S2/c1-9-40(4)61(103-74(123)58-35-47(112)37-107(58)79(128)60(89)39(2)3)75(124)97-51(24-29-85)68(117)99-54(33-43-15-19-45(110)20-16-43)72(121)106-64(82(7,8)132)78(127)100-55(36-59(88)113)71(120)94-49(14-12-32-92-81(90)91)65(114)95-52(25-30-86)69(118)104-62(41(5)108)76(125)98-50(23-28-84)67(116)93-48(13-10-11-27-83)66(115)102-57(38-131)73(122)96-53(26-31-87)70(119)105-63(42(6)109)77(126)101-56(80(129)130)34-44-17-21-46(111)22-18-44/h15-22,39-42,47-58,60-64,108-112,131-132H,9-14,23-38,83-87,89H2,1-8H3,(H2,88,113)(H,93,116)(H,94,120)(H,95,114)(H,96,122)(H,97,124)(H,98,125)(H,99,117)(H,100,127)(H,101,126)(H,102,115)(H,103,123)(H,104,118)(H,105,119)(H,106,121)(H,129,130)(H4,90,91,92)/t40-,41+,42+,47+,48-,49-,50+,51-,52-,53-,54-,55-,56-,57-,58-,60-,61-,62-,63-,64+/m0/s1. The molecule has 2 aromatic rings. The van der Waals surface area contributed by atoms with Crippen molar-refractivity contribution in [2.75, 3.05) is 51.6 Å². The van der Waals surface area contributed by atoms with Gasteiger partial charge in [0, 0.05) is 42.9 Å². The molecule has 0 saturated carbocycles. The van der Waals surface area contributed by atoms with Crippen molar-refractivity contribution in [3.8, 4) is 11.5 Å². The van der Waals surface area contributed by atoms with Crippen LogP contribution in [0, 0.1) is 11.8 Å². The highest BCUT2D eigenvalue weighted by Gasteiger charge is 2.45. The van der Waals surface area contributed by atoms with E-state index < -0.39 is 245 Å². The molecule has 1 aliphatic rings. The van der Waals surface area contributed by atoms with E-state index in [2.05, 4.69) is 105 Å². The summed E-state index contributed by atoms with van der Waals surface area (Å²) in [4.78, 5) is 244. The number of aliphatic hydroxyl groups excluding tert-OH is 3. The molecule has 0 radical (unpaired) electrons. The number of hydrogen-bond donors (Lipinski definition) is 31. The van der Waals surface area contributed by atoms with Crippen LogP contribution < -0.4 is 126 Å². The minimum atomic E-state index is -1.99. The Morgan fingerprint density at radius 1 is 0.462 bits per heavy atom. The smallest absolute Gasteiger partial charge is 0.326 e. The Morgan fingerprint density at radius 3 is 1.20 bits per heavy atom. The first-order valence-electron chi connectivity index (χ1n) is 43.3. The zero-order valence-electron chi connectivity index (χ0n) is 75.4. The molecular weight excluding hydrogens is 1770 g/mol. The predicted octanol–water partition coefficient (Wildman–Crippen LogP) is -10.4. The Kier molecular flexibility index (Phi) is 49.7. The van der Waals surface area contributed by atoms with E-state index in [9.17, 15) is 112 Å². The minimum absolute atomic E-state index is 0.0975. The van der Waals surface area contributed by atoms with Crippen molar-refractivity contribution in [1.29, 1.82) is 0 Å². The van der Waals surface area contributed by atoms with Gasteiger partial charge in [0.1, 0.15) is 102 Å². The van der Waals surface area contributed by atoms with Crippen molar-refractivity contribution in [2.24, 2.45) is 68.4 Å². The molecule has 1 heterocycles. The molecule has 38 N–H and O–H groups in total. The second-order valence-electron chi connectivity index (χ2n) is 33.2. The van der Waals surface area contributed by atoms with Gasteiger partial charge in [-0.1, -0.05) is 58.4 Å². The summed E-state index contributed by atoms with van der Waals surface area (Å²) in [6.07, 6.45) is -7.42. The number of aliphatic hydroxyl groups is 3. The molecular formula is C82H137N25O23S2. The van der Waals surface area contributed by atoms with Gasteiger partial charge in [-0.25, -0.2) is 4.79 Å². The van der Waals surface area contributed by atoms with Gasteiger partial charge in [0.25, 0.3) is 0 Å². The molecule has 3 rings (SSSR count). The fourth-order valence-corrected chi connectivity index (χ4v) is 14.0. The number of nitrogens with one attached hydrogen (secondary N) is 14. The maximum absolute atomic E-state index is 14.9. The van der Waals surface area contributed by atoms with Crippen LogP contribution in [-0.2, 0) is 94.3 Å². The first-order chi connectivity index (χ1) is 62.0. The summed E-state index contributed by atoms with van der Waals surface area (Å²) in [6, 6.07) is -14.8. The number of aliphatic carboxylic acids is 1. The van der Waals surface area contributed by atoms with Crippen molar-refractivity contribution >= 4 is 132 Å². The van der Waals surface area contributed by atoms with E-state index in [1.165, 1.54) is 62.4 Å². The van der Waals surface area contributed by atoms with Crippen LogP contribution in [0.3, 0.4) is 0 Å². The molecule has 0 spiro atoms. The van der Waals surface area contributed by atoms with E-state index in [-0.39, 0.29) is 133 Å². The number of phenols is 2. The monoisotopic (exact) mass is 1900 g/mol. The lowest BCUT2D eigenvalue weighted by molar-refractivity contribution is -0.143. The molecule has 0 aliphatic carbocycles. The van der Waals surface area contributed by atoms with Crippen molar-refractivity contribution in [1.82, 2.24) is 79.3 Å². The quantitative estimate of drug-likeness (QED) is 0.0127. The van der Waals surface area contributed by atoms with Gasteiger partial charge in [0.2, 0.25) is 94.5 Å². The van der Waals surface area contributed by atoms with Crippen LogP contribution in [0.15, 0.2) is 53.5 Å². The van der Waals surface area contributed by atoms with Crippen molar-refractivity contribution in [2.45, 2.75) is 265 Å². The zero-order valence-corrected chi connectivity index (χ0v) is 77.2. The third-order valence-electron chi connectivity index (χ3n) is 21.4. The van der Waals surface area contributed by atoms with Gasteiger partial charge in [-0.3, -0.25) is 81.7 Å². The number of primary amides is 1. The predicted molar refractivity (Wildman–Crippen MR) is 488 cm³/mol. The van der Waals surface area contributed by atoms with Gasteiger partial charge < -0.3 is 162 Å². The number of carboxylic acid groups (broad SMARTS) is 1. The van der Waals surface area contributed by atoms with Crippen LogP contribution >= 0.6 is 25.3 Å². The summed E-state index contributed by atoms with van der Waals surface area (Å²) in [5, 5.41) is 96.4. The third kappa shape index (κ3) is 38.5. The average Bonchev–Trinajstić information content (AvgIpc) is 1.70. The van der Waals surface area contributed by atoms with Gasteiger partial charge in [-0.15, -0.1) is 0 Å². The summed E-state index contributed by atoms with van der Waals surface area (Å²) in [6.45, 7) is 10.4. The number of likely N-dealkylation sites (tertiary alicyclic amines) is 1. The number of nitrogens with zero attached hydrogens (tertiary/aromatic N) is 2. The van der Waals surface area contributed by atoms with Crippen LogP contribution in [-0.4, -0.2) is 313 Å². The van der Waals surface area contributed by atoms with E-state index in [1.54, 1.807) is 27.7 Å². The highest BCUT2D eigenvalue weighted by molar-refractivity contribution is 7.81. The molecule has 740 valence electrons. The number of hydrogen-bond acceptors (Lipinski definition) is 31. The number of carbonyl (C=O) groups excluding carboxylic acids is 16. The largest absolute Gasteiger partial charge is 0.508 e. The van der Waals surface area contributed by atoms with E-state index in [4.69, 9.17) is 51.6 Å². The molecule has 0 unspecified atom stereocenters. The number of phenolic OH excluding ortho intramolecular Hbond substituents is 2. The molecule has 1 aliphatic heterocycles. The van der Waals surface area contributed by atoms with Crippen LogP contribution in [0.1, 0.15) is 144 Å². The second kappa shape index (κ2) is 57.2. The van der Waals surface area contributed by atoms with Gasteiger partial charge >= 0.3 is 5.97 Å². The Labute approximate surface area is 775 Å². The van der Waals surface area contributed by atoms with E-state index in [0.717, 1.165) is 18.7 Å².